The second-order valence-electron chi connectivity index (χ2n) is 2.30. The molecular formula is C6H10N4O2S. The minimum absolute atomic E-state index is 0.116. The molecule has 0 aliphatic carbocycles. The van der Waals surface area contributed by atoms with Crippen LogP contribution in [0.4, 0.5) is 4.79 Å². The number of amides is 3. The third kappa shape index (κ3) is 3.79. The van der Waals surface area contributed by atoms with Crippen molar-refractivity contribution in [2.75, 3.05) is 18.8 Å². The zero-order chi connectivity index (χ0) is 9.68. The van der Waals surface area contributed by atoms with Crippen molar-refractivity contribution in [2.24, 2.45) is 10.7 Å². The van der Waals surface area contributed by atoms with E-state index in [4.69, 9.17) is 5.73 Å². The first-order valence-electron chi connectivity index (χ1n) is 3.69. The van der Waals surface area contributed by atoms with E-state index < -0.39 is 6.03 Å². The number of nitrogens with one attached hydrogen (secondary N) is 2. The van der Waals surface area contributed by atoms with Gasteiger partial charge in [0.05, 0.1) is 13.1 Å². The smallest absolute Gasteiger partial charge is 0.312 e. The molecule has 0 unspecified atom stereocenters. The monoisotopic (exact) mass is 202 g/mol. The average molecular weight is 202 g/mol. The van der Waals surface area contributed by atoms with E-state index >= 15 is 0 Å². The van der Waals surface area contributed by atoms with Gasteiger partial charge in [-0.15, -0.1) is 0 Å². The summed E-state index contributed by atoms with van der Waals surface area (Å²) >= 11 is 1.48. The maximum Gasteiger partial charge on any atom is 0.312 e. The summed E-state index contributed by atoms with van der Waals surface area (Å²) in [5.74, 6) is 0.575. The molecule has 72 valence electrons. The summed E-state index contributed by atoms with van der Waals surface area (Å²) in [5, 5.41) is 5.33. The van der Waals surface area contributed by atoms with Crippen molar-refractivity contribution in [3.63, 3.8) is 0 Å². The van der Waals surface area contributed by atoms with E-state index in [0.29, 0.717) is 5.17 Å². The molecule has 0 atom stereocenters. The Morgan fingerprint density at radius 3 is 2.92 bits per heavy atom. The highest BCUT2D eigenvalue weighted by atomic mass is 32.2. The van der Waals surface area contributed by atoms with Crippen LogP contribution in [0.3, 0.4) is 0 Å². The van der Waals surface area contributed by atoms with Crippen LogP contribution in [0, 0.1) is 0 Å². The lowest BCUT2D eigenvalue weighted by molar-refractivity contribution is -0.118. The predicted octanol–water partition coefficient (Wildman–Crippen LogP) is -1.13. The lowest BCUT2D eigenvalue weighted by atomic mass is 10.6. The number of carbonyl (C=O) groups excluding carboxylic acids is 2. The van der Waals surface area contributed by atoms with Gasteiger partial charge >= 0.3 is 6.03 Å². The molecule has 0 aromatic carbocycles. The summed E-state index contributed by atoms with van der Waals surface area (Å²) in [7, 11) is 0. The molecule has 0 spiro atoms. The van der Waals surface area contributed by atoms with Crippen LogP contribution in [0.25, 0.3) is 0 Å². The summed E-state index contributed by atoms with van der Waals surface area (Å²) < 4.78 is 0. The molecular weight excluding hydrogens is 192 g/mol. The van der Waals surface area contributed by atoms with Gasteiger partial charge in [-0.3, -0.25) is 9.79 Å². The van der Waals surface area contributed by atoms with E-state index in [0.717, 1.165) is 12.3 Å². The summed E-state index contributed by atoms with van der Waals surface area (Å²) in [6.07, 6.45) is 0. The van der Waals surface area contributed by atoms with Gasteiger partial charge in [-0.25, -0.2) is 4.79 Å². The van der Waals surface area contributed by atoms with Crippen molar-refractivity contribution < 1.29 is 9.59 Å². The van der Waals surface area contributed by atoms with Gasteiger partial charge in [0.2, 0.25) is 5.91 Å². The number of hydrogen-bond acceptors (Lipinski definition) is 4. The molecule has 1 aliphatic rings. The van der Waals surface area contributed by atoms with Gasteiger partial charge in [0.1, 0.15) is 0 Å². The highest BCUT2D eigenvalue weighted by Gasteiger charge is 2.10. The van der Waals surface area contributed by atoms with Crippen LogP contribution < -0.4 is 16.4 Å². The molecule has 4 N–H and O–H groups in total. The average Bonchev–Trinajstić information content (AvgIpc) is 2.53. The lowest BCUT2D eigenvalue weighted by Gasteiger charge is -2.03. The van der Waals surface area contributed by atoms with Crippen LogP contribution in [-0.2, 0) is 4.79 Å². The van der Waals surface area contributed by atoms with Crippen LogP contribution >= 0.6 is 11.8 Å². The molecule has 0 saturated carbocycles. The standard InChI is InChI=1S/C6H10N4O2S/c7-5(12)9-3-4(11)10-6-8-1-2-13-6/h1-3H2,(H3,7,9,12)(H,8,10,11). The number of aliphatic imine (C=N–C) groups is 1. The van der Waals surface area contributed by atoms with E-state index in [1.165, 1.54) is 11.8 Å². The van der Waals surface area contributed by atoms with Crippen LogP contribution in [0.5, 0.6) is 0 Å². The molecule has 0 aromatic rings. The van der Waals surface area contributed by atoms with Crippen molar-refractivity contribution >= 4 is 28.9 Å². The first-order valence-corrected chi connectivity index (χ1v) is 4.67. The predicted molar refractivity (Wildman–Crippen MR) is 50.5 cm³/mol. The number of nitrogens with zero attached hydrogens (tertiary/aromatic N) is 1. The van der Waals surface area contributed by atoms with Gasteiger partial charge in [0, 0.05) is 5.75 Å². The minimum Gasteiger partial charge on any atom is -0.352 e. The Balaban J connectivity index is 2.21. The van der Waals surface area contributed by atoms with Crippen LogP contribution in [-0.4, -0.2) is 35.9 Å². The van der Waals surface area contributed by atoms with Gasteiger partial charge in [-0.05, 0) is 0 Å². The maximum atomic E-state index is 11.0. The first kappa shape index (κ1) is 9.85. The number of thioether (sulfide) groups is 1. The van der Waals surface area contributed by atoms with Crippen molar-refractivity contribution in [1.82, 2.24) is 10.6 Å². The van der Waals surface area contributed by atoms with Crippen molar-refractivity contribution in [2.45, 2.75) is 0 Å². The Kier molecular flexibility index (Phi) is 3.56. The highest BCUT2D eigenvalue weighted by Crippen LogP contribution is 2.08. The summed E-state index contributed by atoms with van der Waals surface area (Å²) in [5.41, 5.74) is 4.78. The van der Waals surface area contributed by atoms with Crippen LogP contribution in [0.2, 0.25) is 0 Å². The fourth-order valence-electron chi connectivity index (χ4n) is 0.742. The van der Waals surface area contributed by atoms with Gasteiger partial charge in [-0.2, -0.15) is 0 Å². The molecule has 0 fully saturated rings. The Morgan fingerprint density at radius 2 is 2.38 bits per heavy atom. The molecule has 0 saturated heterocycles. The van der Waals surface area contributed by atoms with Gasteiger partial charge in [0.15, 0.2) is 5.17 Å². The second-order valence-corrected chi connectivity index (χ2v) is 3.38. The topological polar surface area (TPSA) is 96.6 Å². The maximum absolute atomic E-state index is 11.0. The third-order valence-electron chi connectivity index (χ3n) is 1.26. The Hall–Kier alpha value is -1.24. The van der Waals surface area contributed by atoms with Crippen molar-refractivity contribution in [3.8, 4) is 0 Å². The van der Waals surface area contributed by atoms with E-state index in [9.17, 15) is 9.59 Å². The number of hydrogen-bond donors (Lipinski definition) is 3. The number of amidine groups is 1. The van der Waals surface area contributed by atoms with Gasteiger partial charge in [0.25, 0.3) is 0 Å². The highest BCUT2D eigenvalue weighted by molar-refractivity contribution is 8.14. The number of primary amides is 1. The summed E-state index contributed by atoms with van der Waals surface area (Å²) in [6, 6.07) is -0.712. The fraction of sp³-hybridized carbons (Fsp3) is 0.500. The SMILES string of the molecule is NC(=O)NCC(=O)NC1=NCCS1. The molecule has 1 aliphatic heterocycles. The molecule has 3 amide bonds. The number of rotatable bonds is 2. The first-order chi connectivity index (χ1) is 6.18. The van der Waals surface area contributed by atoms with Crippen LogP contribution in [0.15, 0.2) is 4.99 Å². The molecule has 1 rings (SSSR count). The molecule has 0 aromatic heterocycles. The van der Waals surface area contributed by atoms with Crippen molar-refractivity contribution in [1.29, 1.82) is 0 Å². The molecule has 1 heterocycles. The normalized spacial score (nSPS) is 14.9. The summed E-state index contributed by atoms with van der Waals surface area (Å²) in [6.45, 7) is 0.610. The molecule has 6 nitrogen and oxygen atoms in total. The quantitative estimate of drug-likeness (QED) is 0.528. The largest absolute Gasteiger partial charge is 0.352 e. The molecule has 7 heteroatoms. The van der Waals surface area contributed by atoms with Gasteiger partial charge < -0.3 is 16.4 Å². The third-order valence-corrected chi connectivity index (χ3v) is 2.15. The van der Waals surface area contributed by atoms with E-state index in [2.05, 4.69) is 15.6 Å². The zero-order valence-electron chi connectivity index (χ0n) is 6.87. The molecule has 13 heavy (non-hydrogen) atoms. The lowest BCUT2D eigenvalue weighted by Crippen LogP contribution is -2.40. The van der Waals surface area contributed by atoms with E-state index in [-0.39, 0.29) is 12.5 Å². The molecule has 0 bridgehead atoms. The Morgan fingerprint density at radius 1 is 1.62 bits per heavy atom. The summed E-state index contributed by atoms with van der Waals surface area (Å²) in [4.78, 5) is 25.3. The van der Waals surface area contributed by atoms with Crippen molar-refractivity contribution in [3.05, 3.63) is 0 Å². The van der Waals surface area contributed by atoms with Crippen LogP contribution in [0.1, 0.15) is 0 Å². The number of carbonyl (C=O) groups is 2. The number of urea groups is 1. The van der Waals surface area contributed by atoms with E-state index in [1.807, 2.05) is 0 Å². The Labute approximate surface area is 79.3 Å². The Bertz CT molecular complexity index is 253. The number of nitrogens with two attached hydrogens (primary N) is 1. The minimum atomic E-state index is -0.712. The van der Waals surface area contributed by atoms with E-state index in [1.54, 1.807) is 0 Å². The molecule has 0 radical (unpaired) electrons. The fourth-order valence-corrected chi connectivity index (χ4v) is 1.49. The zero-order valence-corrected chi connectivity index (χ0v) is 7.69. The second kappa shape index (κ2) is 4.70. The van der Waals surface area contributed by atoms with Gasteiger partial charge in [-0.1, -0.05) is 11.8 Å².